The van der Waals surface area contributed by atoms with Crippen LogP contribution in [0.3, 0.4) is 0 Å². The van der Waals surface area contributed by atoms with Crippen LogP contribution in [0.4, 0.5) is 0 Å². The molecule has 0 aliphatic heterocycles. The summed E-state index contributed by atoms with van der Waals surface area (Å²) in [5, 5.41) is 9.22. The van der Waals surface area contributed by atoms with Crippen LogP contribution < -0.4 is 0 Å². The van der Waals surface area contributed by atoms with Crippen molar-refractivity contribution in [3.05, 3.63) is 41.8 Å². The average Bonchev–Trinajstić information content (AvgIpc) is 3.10. The summed E-state index contributed by atoms with van der Waals surface area (Å²) in [6, 6.07) is 6.43. The van der Waals surface area contributed by atoms with Gasteiger partial charge in [-0.1, -0.05) is 25.1 Å². The summed E-state index contributed by atoms with van der Waals surface area (Å²) in [6.45, 7) is 6.37. The summed E-state index contributed by atoms with van der Waals surface area (Å²) in [5.41, 5.74) is 4.19. The normalized spacial score (nSPS) is 17.8. The van der Waals surface area contributed by atoms with Crippen LogP contribution >= 0.6 is 0 Å². The van der Waals surface area contributed by atoms with E-state index >= 15 is 0 Å². The first kappa shape index (κ1) is 10.7. The maximum absolute atomic E-state index is 9.22. The average molecular weight is 203 g/mol. The first-order valence-corrected chi connectivity index (χ1v) is 5.83. The molecule has 0 spiro atoms. The largest absolute Gasteiger partial charge is 0.396 e. The van der Waals surface area contributed by atoms with Gasteiger partial charge in [-0.15, -0.1) is 0 Å². The molecule has 1 radical (unpaired) electrons. The Morgan fingerprint density at radius 1 is 1.47 bits per heavy atom. The Balaban J connectivity index is 2.43. The van der Waals surface area contributed by atoms with Gasteiger partial charge >= 0.3 is 0 Å². The zero-order chi connectivity index (χ0) is 10.8. The molecule has 0 heterocycles. The zero-order valence-corrected chi connectivity index (χ0v) is 9.37. The van der Waals surface area contributed by atoms with Gasteiger partial charge in [-0.2, -0.15) is 0 Å². The van der Waals surface area contributed by atoms with E-state index in [0.717, 1.165) is 12.3 Å². The predicted molar refractivity (Wildman–Crippen MR) is 63.0 cm³/mol. The van der Waals surface area contributed by atoms with Crippen LogP contribution in [0, 0.1) is 6.92 Å². The quantitative estimate of drug-likeness (QED) is 0.797. The molecule has 0 aromatic heterocycles. The summed E-state index contributed by atoms with van der Waals surface area (Å²) in [5.74, 6) is 0.777. The van der Waals surface area contributed by atoms with E-state index in [-0.39, 0.29) is 12.5 Å². The van der Waals surface area contributed by atoms with Crippen LogP contribution in [0.5, 0.6) is 0 Å². The lowest BCUT2D eigenvalue weighted by molar-refractivity contribution is 0.282. The van der Waals surface area contributed by atoms with Gasteiger partial charge in [-0.25, -0.2) is 0 Å². The van der Waals surface area contributed by atoms with Crippen LogP contribution in [0.25, 0.3) is 0 Å². The highest BCUT2D eigenvalue weighted by atomic mass is 16.3. The Bertz CT molecular complexity index is 339. The highest BCUT2D eigenvalue weighted by Gasteiger charge is 2.29. The fraction of sp³-hybridized carbons (Fsp3) is 0.500. The third kappa shape index (κ3) is 2.07. The molecule has 1 nitrogen and oxygen atoms in total. The summed E-state index contributed by atoms with van der Waals surface area (Å²) in [4.78, 5) is 0. The van der Waals surface area contributed by atoms with E-state index in [9.17, 15) is 5.11 Å². The minimum atomic E-state index is 0.0344. The van der Waals surface area contributed by atoms with Gasteiger partial charge in [0.1, 0.15) is 0 Å². The fourth-order valence-corrected chi connectivity index (χ4v) is 2.27. The summed E-state index contributed by atoms with van der Waals surface area (Å²) >= 11 is 0. The Morgan fingerprint density at radius 2 is 2.20 bits per heavy atom. The molecule has 1 aliphatic carbocycles. The van der Waals surface area contributed by atoms with Gasteiger partial charge < -0.3 is 5.11 Å². The molecule has 1 atom stereocenters. The van der Waals surface area contributed by atoms with E-state index in [4.69, 9.17) is 0 Å². The highest BCUT2D eigenvalue weighted by Crippen LogP contribution is 2.45. The van der Waals surface area contributed by atoms with E-state index in [2.05, 4.69) is 32.0 Å². The predicted octanol–water partition coefficient (Wildman–Crippen LogP) is 3.04. The third-order valence-corrected chi connectivity index (χ3v) is 3.26. The second-order valence-electron chi connectivity index (χ2n) is 4.43. The SMILES string of the molecule is [CH2]C(CO)c1cccc(CC)c1C1CC1. The van der Waals surface area contributed by atoms with Crippen molar-refractivity contribution in [1.82, 2.24) is 0 Å². The number of benzene rings is 1. The topological polar surface area (TPSA) is 20.2 Å². The Morgan fingerprint density at radius 3 is 2.73 bits per heavy atom. The molecule has 81 valence electrons. The molecule has 1 unspecified atom stereocenters. The molecular formula is C14H19O. The Labute approximate surface area is 92.1 Å². The summed E-state index contributed by atoms with van der Waals surface area (Å²) < 4.78 is 0. The fourth-order valence-electron chi connectivity index (χ4n) is 2.27. The van der Waals surface area contributed by atoms with Crippen molar-refractivity contribution in [2.24, 2.45) is 0 Å². The van der Waals surface area contributed by atoms with E-state index < -0.39 is 0 Å². The lowest BCUT2D eigenvalue weighted by Crippen LogP contribution is -2.05. The van der Waals surface area contributed by atoms with Gasteiger partial charge in [-0.05, 0) is 48.8 Å². The van der Waals surface area contributed by atoms with Gasteiger partial charge in [-0.3, -0.25) is 0 Å². The van der Waals surface area contributed by atoms with E-state index in [0.29, 0.717) is 0 Å². The molecule has 0 saturated heterocycles. The van der Waals surface area contributed by atoms with Crippen molar-refractivity contribution in [2.75, 3.05) is 6.61 Å². The molecule has 1 heteroatoms. The molecule has 1 aliphatic rings. The smallest absolute Gasteiger partial charge is 0.0499 e. The van der Waals surface area contributed by atoms with Crippen molar-refractivity contribution < 1.29 is 5.11 Å². The Kier molecular flexibility index (Phi) is 3.11. The first-order valence-electron chi connectivity index (χ1n) is 5.83. The van der Waals surface area contributed by atoms with Crippen molar-refractivity contribution >= 4 is 0 Å². The van der Waals surface area contributed by atoms with Gasteiger partial charge in [0, 0.05) is 12.5 Å². The van der Waals surface area contributed by atoms with E-state index in [1.54, 1.807) is 0 Å². The lowest BCUT2D eigenvalue weighted by atomic mass is 9.89. The third-order valence-electron chi connectivity index (χ3n) is 3.26. The van der Waals surface area contributed by atoms with Crippen LogP contribution in [0.2, 0.25) is 0 Å². The number of hydrogen-bond donors (Lipinski definition) is 1. The number of aryl methyl sites for hydroxylation is 1. The van der Waals surface area contributed by atoms with Crippen LogP contribution in [-0.4, -0.2) is 11.7 Å². The molecule has 15 heavy (non-hydrogen) atoms. The van der Waals surface area contributed by atoms with Crippen molar-refractivity contribution in [3.8, 4) is 0 Å². The van der Waals surface area contributed by atoms with Gasteiger partial charge in [0.05, 0.1) is 0 Å². The number of hydrogen-bond acceptors (Lipinski definition) is 1. The second kappa shape index (κ2) is 4.36. The molecule has 0 amide bonds. The monoisotopic (exact) mass is 203 g/mol. The highest BCUT2D eigenvalue weighted by molar-refractivity contribution is 5.42. The standard InChI is InChI=1S/C14H19O/c1-3-11-5-4-6-13(10(2)9-15)14(11)12-7-8-12/h4-6,10,12,15H,2-3,7-9H2,1H3. The van der Waals surface area contributed by atoms with Gasteiger partial charge in [0.25, 0.3) is 0 Å². The molecule has 1 saturated carbocycles. The zero-order valence-electron chi connectivity index (χ0n) is 9.37. The molecule has 1 aromatic rings. The van der Waals surface area contributed by atoms with Gasteiger partial charge in [0.15, 0.2) is 0 Å². The van der Waals surface area contributed by atoms with Crippen molar-refractivity contribution in [2.45, 2.75) is 38.0 Å². The molecule has 1 N–H and O–H groups in total. The van der Waals surface area contributed by atoms with Crippen LogP contribution in [0.1, 0.15) is 48.3 Å². The minimum absolute atomic E-state index is 0.0344. The van der Waals surface area contributed by atoms with Crippen LogP contribution in [0.15, 0.2) is 18.2 Å². The first-order chi connectivity index (χ1) is 7.27. The summed E-state index contributed by atoms with van der Waals surface area (Å²) in [6.07, 6.45) is 3.70. The van der Waals surface area contributed by atoms with E-state index in [1.807, 2.05) is 0 Å². The maximum Gasteiger partial charge on any atom is 0.0499 e. The van der Waals surface area contributed by atoms with Crippen molar-refractivity contribution in [1.29, 1.82) is 0 Å². The van der Waals surface area contributed by atoms with Crippen LogP contribution in [-0.2, 0) is 6.42 Å². The van der Waals surface area contributed by atoms with E-state index in [1.165, 1.54) is 29.5 Å². The molecule has 2 rings (SSSR count). The van der Waals surface area contributed by atoms with Gasteiger partial charge in [0.2, 0.25) is 0 Å². The second-order valence-corrected chi connectivity index (χ2v) is 4.43. The molecule has 1 fully saturated rings. The number of aliphatic hydroxyl groups is 1. The van der Waals surface area contributed by atoms with Crippen molar-refractivity contribution in [3.63, 3.8) is 0 Å². The number of rotatable bonds is 4. The molecule has 1 aromatic carbocycles. The minimum Gasteiger partial charge on any atom is -0.396 e. The summed E-state index contributed by atoms with van der Waals surface area (Å²) in [7, 11) is 0. The lowest BCUT2D eigenvalue weighted by Gasteiger charge is -2.17. The maximum atomic E-state index is 9.22. The molecular weight excluding hydrogens is 184 g/mol. The number of aliphatic hydroxyl groups excluding tert-OH is 1. The molecule has 0 bridgehead atoms. The Hall–Kier alpha value is -0.820.